The first-order valence-electron chi connectivity index (χ1n) is 7.26. The van der Waals surface area contributed by atoms with Gasteiger partial charge in [0.2, 0.25) is 10.0 Å². The van der Waals surface area contributed by atoms with E-state index in [1.807, 2.05) is 12.1 Å². The van der Waals surface area contributed by atoms with E-state index in [9.17, 15) is 8.42 Å². The molecule has 1 aromatic carbocycles. The molecule has 0 atom stereocenters. The minimum absolute atomic E-state index is 0.0187. The highest BCUT2D eigenvalue weighted by Crippen LogP contribution is 2.21. The molecule has 1 saturated heterocycles. The van der Waals surface area contributed by atoms with Gasteiger partial charge in [0, 0.05) is 37.4 Å². The van der Waals surface area contributed by atoms with Crippen LogP contribution < -0.4 is 5.73 Å². The lowest BCUT2D eigenvalue weighted by atomic mass is 10.1. The first-order chi connectivity index (χ1) is 9.70. The van der Waals surface area contributed by atoms with Gasteiger partial charge in [0.05, 0.1) is 5.75 Å². The summed E-state index contributed by atoms with van der Waals surface area (Å²) in [6.45, 7) is 9.10. The fourth-order valence-electron chi connectivity index (χ4n) is 2.59. The van der Waals surface area contributed by atoms with Crippen LogP contribution in [0.1, 0.15) is 26.3 Å². The first-order valence-corrected chi connectivity index (χ1v) is 8.87. The SMILES string of the molecule is CC(C)(C)N1CCN(S(=O)(=O)Cc2ccccc2N)CC1. The summed E-state index contributed by atoms with van der Waals surface area (Å²) in [7, 11) is -3.30. The summed E-state index contributed by atoms with van der Waals surface area (Å²) in [5, 5.41) is 0. The number of anilines is 1. The largest absolute Gasteiger partial charge is 0.398 e. The van der Waals surface area contributed by atoms with Gasteiger partial charge in [0.15, 0.2) is 0 Å². The van der Waals surface area contributed by atoms with Crippen LogP contribution in [-0.4, -0.2) is 49.3 Å². The molecule has 0 spiro atoms. The quantitative estimate of drug-likeness (QED) is 0.859. The molecule has 1 aliphatic heterocycles. The van der Waals surface area contributed by atoms with E-state index in [4.69, 9.17) is 5.73 Å². The van der Waals surface area contributed by atoms with Crippen LogP contribution in [0.15, 0.2) is 24.3 Å². The Morgan fingerprint density at radius 3 is 2.19 bits per heavy atom. The summed E-state index contributed by atoms with van der Waals surface area (Å²) in [5.41, 5.74) is 7.14. The molecule has 2 N–H and O–H groups in total. The maximum Gasteiger partial charge on any atom is 0.218 e. The standard InChI is InChI=1S/C15H25N3O2S/c1-15(2,3)17-8-10-18(11-9-17)21(19,20)12-13-6-4-5-7-14(13)16/h4-7H,8-12,16H2,1-3H3. The molecule has 0 radical (unpaired) electrons. The van der Waals surface area contributed by atoms with Crippen molar-refractivity contribution in [2.24, 2.45) is 0 Å². The van der Waals surface area contributed by atoms with Crippen molar-refractivity contribution in [1.82, 2.24) is 9.21 Å². The molecule has 0 saturated carbocycles. The summed E-state index contributed by atoms with van der Waals surface area (Å²) in [6.07, 6.45) is 0. The molecule has 118 valence electrons. The van der Waals surface area contributed by atoms with Crippen molar-refractivity contribution in [3.05, 3.63) is 29.8 Å². The molecule has 0 bridgehead atoms. The van der Waals surface area contributed by atoms with E-state index in [2.05, 4.69) is 25.7 Å². The molecule has 21 heavy (non-hydrogen) atoms. The molecule has 2 rings (SSSR count). The third-order valence-electron chi connectivity index (χ3n) is 3.97. The van der Waals surface area contributed by atoms with Crippen LogP contribution in [0.25, 0.3) is 0 Å². The van der Waals surface area contributed by atoms with Crippen LogP contribution >= 0.6 is 0 Å². The predicted molar refractivity (Wildman–Crippen MR) is 86.4 cm³/mol. The molecular formula is C15H25N3O2S. The van der Waals surface area contributed by atoms with Crippen LogP contribution in [0.4, 0.5) is 5.69 Å². The fraction of sp³-hybridized carbons (Fsp3) is 0.600. The van der Waals surface area contributed by atoms with Crippen molar-refractivity contribution in [2.75, 3.05) is 31.9 Å². The monoisotopic (exact) mass is 311 g/mol. The van der Waals surface area contributed by atoms with Gasteiger partial charge in [-0.2, -0.15) is 4.31 Å². The highest BCUT2D eigenvalue weighted by Gasteiger charge is 2.31. The van der Waals surface area contributed by atoms with Gasteiger partial charge >= 0.3 is 0 Å². The van der Waals surface area contributed by atoms with Crippen LogP contribution in [-0.2, 0) is 15.8 Å². The van der Waals surface area contributed by atoms with Gasteiger partial charge in [0.25, 0.3) is 0 Å². The summed E-state index contributed by atoms with van der Waals surface area (Å²) >= 11 is 0. The normalized spacial score (nSPS) is 18.8. The Kier molecular flexibility index (Phi) is 4.60. The van der Waals surface area contributed by atoms with Gasteiger partial charge in [-0.1, -0.05) is 18.2 Å². The van der Waals surface area contributed by atoms with Gasteiger partial charge in [-0.3, -0.25) is 4.90 Å². The first kappa shape index (κ1) is 16.3. The Morgan fingerprint density at radius 1 is 1.10 bits per heavy atom. The number of nitrogen functional groups attached to an aromatic ring is 1. The van der Waals surface area contributed by atoms with Gasteiger partial charge < -0.3 is 5.73 Å². The fourth-order valence-corrected chi connectivity index (χ4v) is 4.15. The number of benzene rings is 1. The number of nitrogens with two attached hydrogens (primary N) is 1. The zero-order valence-electron chi connectivity index (χ0n) is 13.0. The topological polar surface area (TPSA) is 66.6 Å². The number of rotatable bonds is 3. The second kappa shape index (κ2) is 5.94. The van der Waals surface area contributed by atoms with E-state index >= 15 is 0 Å². The molecule has 0 amide bonds. The Labute approximate surface area is 127 Å². The molecule has 0 aliphatic carbocycles. The zero-order chi connectivity index (χ0) is 15.7. The smallest absolute Gasteiger partial charge is 0.218 e. The highest BCUT2D eigenvalue weighted by molar-refractivity contribution is 7.88. The van der Waals surface area contributed by atoms with E-state index in [-0.39, 0.29) is 11.3 Å². The van der Waals surface area contributed by atoms with Gasteiger partial charge in [0.1, 0.15) is 0 Å². The zero-order valence-corrected chi connectivity index (χ0v) is 13.9. The average molecular weight is 311 g/mol. The van der Waals surface area contributed by atoms with Crippen LogP contribution in [0.3, 0.4) is 0 Å². The van der Waals surface area contributed by atoms with Crippen molar-refractivity contribution in [2.45, 2.75) is 32.1 Å². The molecular weight excluding hydrogens is 286 g/mol. The summed E-state index contributed by atoms with van der Waals surface area (Å²) in [6, 6.07) is 7.15. The van der Waals surface area contributed by atoms with Crippen molar-refractivity contribution in [3.8, 4) is 0 Å². The molecule has 5 nitrogen and oxygen atoms in total. The van der Waals surface area contributed by atoms with Crippen molar-refractivity contribution in [3.63, 3.8) is 0 Å². The second-order valence-corrected chi connectivity index (χ2v) is 8.48. The molecule has 0 aromatic heterocycles. The maximum absolute atomic E-state index is 12.5. The van der Waals surface area contributed by atoms with Crippen LogP contribution in [0.2, 0.25) is 0 Å². The van der Waals surface area contributed by atoms with E-state index in [0.29, 0.717) is 24.3 Å². The minimum Gasteiger partial charge on any atom is -0.398 e. The Balaban J connectivity index is 2.04. The molecule has 1 heterocycles. The van der Waals surface area contributed by atoms with Crippen molar-refractivity contribution < 1.29 is 8.42 Å². The maximum atomic E-state index is 12.5. The highest BCUT2D eigenvalue weighted by atomic mass is 32.2. The number of para-hydroxylation sites is 1. The van der Waals surface area contributed by atoms with Gasteiger partial charge in [-0.25, -0.2) is 8.42 Å². The molecule has 0 unspecified atom stereocenters. The summed E-state index contributed by atoms with van der Waals surface area (Å²) in [4.78, 5) is 2.32. The number of hydrogen-bond acceptors (Lipinski definition) is 4. The Bertz CT molecular complexity index is 585. The lowest BCUT2D eigenvalue weighted by Gasteiger charge is -2.41. The van der Waals surface area contributed by atoms with Gasteiger partial charge in [-0.15, -0.1) is 0 Å². The van der Waals surface area contributed by atoms with Crippen LogP contribution in [0, 0.1) is 0 Å². The lowest BCUT2D eigenvalue weighted by Crippen LogP contribution is -2.54. The van der Waals surface area contributed by atoms with Crippen molar-refractivity contribution >= 4 is 15.7 Å². The Morgan fingerprint density at radius 2 is 1.67 bits per heavy atom. The van der Waals surface area contributed by atoms with E-state index in [0.717, 1.165) is 13.1 Å². The predicted octanol–water partition coefficient (Wildman–Crippen LogP) is 1.51. The number of piperazine rings is 1. The number of hydrogen-bond donors (Lipinski definition) is 1. The van der Waals surface area contributed by atoms with Gasteiger partial charge in [-0.05, 0) is 32.4 Å². The molecule has 1 aliphatic rings. The second-order valence-electron chi connectivity index (χ2n) is 6.51. The minimum atomic E-state index is -3.30. The summed E-state index contributed by atoms with van der Waals surface area (Å²) < 4.78 is 26.6. The number of sulfonamides is 1. The van der Waals surface area contributed by atoms with E-state index in [1.54, 1.807) is 16.4 Å². The Hall–Kier alpha value is -1.11. The average Bonchev–Trinajstić information content (AvgIpc) is 2.40. The third-order valence-corrected chi connectivity index (χ3v) is 5.80. The molecule has 1 aromatic rings. The summed E-state index contributed by atoms with van der Waals surface area (Å²) in [5.74, 6) is -0.0187. The third kappa shape index (κ3) is 3.96. The lowest BCUT2D eigenvalue weighted by molar-refractivity contribution is 0.0921. The van der Waals surface area contributed by atoms with Crippen molar-refractivity contribution in [1.29, 1.82) is 0 Å². The molecule has 6 heteroatoms. The van der Waals surface area contributed by atoms with E-state index in [1.165, 1.54) is 0 Å². The van der Waals surface area contributed by atoms with Crippen LogP contribution in [0.5, 0.6) is 0 Å². The molecule has 1 fully saturated rings. The number of nitrogens with zero attached hydrogens (tertiary/aromatic N) is 2. The van der Waals surface area contributed by atoms with E-state index < -0.39 is 10.0 Å².